The van der Waals surface area contributed by atoms with Gasteiger partial charge in [0.2, 0.25) is 0 Å². The molecule has 4 aliphatic heterocycles. The zero-order valence-electron chi connectivity index (χ0n) is 30.4. The normalized spacial score (nSPS) is 25.5. The van der Waals surface area contributed by atoms with Gasteiger partial charge in [-0.2, -0.15) is 0 Å². The van der Waals surface area contributed by atoms with Gasteiger partial charge in [-0.1, -0.05) is 36.5 Å². The molecule has 4 saturated heterocycles. The molecule has 4 fully saturated rings. The monoisotopic (exact) mass is 778 g/mol. The summed E-state index contributed by atoms with van der Waals surface area (Å²) >= 11 is 0. The molecule has 1 aromatic carbocycles. The lowest BCUT2D eigenvalue weighted by Crippen LogP contribution is -2.47. The summed E-state index contributed by atoms with van der Waals surface area (Å²) in [5.74, 6) is -11.9. The summed E-state index contributed by atoms with van der Waals surface area (Å²) in [4.78, 5) is 99.4. The van der Waals surface area contributed by atoms with E-state index in [1.165, 1.54) is 62.6 Å². The zero-order chi connectivity index (χ0) is 40.9. The smallest absolute Gasteiger partial charge is 0.370 e. The first kappa shape index (κ1) is 40.5. The predicted octanol–water partition coefficient (Wildman–Crippen LogP) is 2.33. The van der Waals surface area contributed by atoms with Crippen LogP contribution in [0.25, 0.3) is 0 Å². The van der Waals surface area contributed by atoms with Crippen molar-refractivity contribution in [2.24, 2.45) is 0 Å². The Labute approximate surface area is 317 Å². The molecule has 0 aliphatic carbocycles. The van der Waals surface area contributed by atoms with Crippen LogP contribution >= 0.6 is 0 Å². The number of hydrogen-bond acceptors (Lipinski definition) is 18. The minimum atomic E-state index is -2.38. The average Bonchev–Trinajstić information content (AvgIpc) is 3.08. The maximum Gasteiger partial charge on any atom is 0.370 e. The molecule has 0 unspecified atom stereocenters. The van der Waals surface area contributed by atoms with Crippen molar-refractivity contribution in [1.82, 2.24) is 0 Å². The summed E-state index contributed by atoms with van der Waals surface area (Å²) in [6.07, 6.45) is 7.32. The number of ether oxygens (including phenoxy) is 9. The van der Waals surface area contributed by atoms with E-state index in [2.05, 4.69) is 9.47 Å². The topological polar surface area (TPSA) is 240 Å². The summed E-state index contributed by atoms with van der Waals surface area (Å²) in [6, 6.07) is 3.03. The molecule has 0 amide bonds. The van der Waals surface area contributed by atoms with Gasteiger partial charge in [-0.3, -0.25) is 0 Å². The van der Waals surface area contributed by atoms with Crippen molar-refractivity contribution >= 4 is 47.8 Å². The second kappa shape index (κ2) is 16.4. The quantitative estimate of drug-likeness (QED) is 0.155. The van der Waals surface area contributed by atoms with Gasteiger partial charge in [0.05, 0.1) is 0 Å². The van der Waals surface area contributed by atoms with Crippen LogP contribution < -0.4 is 0 Å². The van der Waals surface area contributed by atoms with Crippen LogP contribution in [0.2, 0.25) is 0 Å². The second-order valence-corrected chi connectivity index (χ2v) is 12.6. The molecule has 0 bridgehead atoms. The summed E-state index contributed by atoms with van der Waals surface area (Å²) in [7, 11) is 1.36. The fraction of sp³-hybridized carbons (Fsp3) is 0.316. The van der Waals surface area contributed by atoms with Gasteiger partial charge in [-0.15, -0.1) is 0 Å². The fourth-order valence-electron chi connectivity index (χ4n) is 5.43. The van der Waals surface area contributed by atoms with Gasteiger partial charge in [-0.05, 0) is 62.1 Å². The zero-order valence-corrected chi connectivity index (χ0v) is 30.4. The van der Waals surface area contributed by atoms with E-state index in [1.807, 2.05) is 0 Å². The van der Waals surface area contributed by atoms with E-state index in [0.717, 1.165) is 19.1 Å². The number of aryl methyl sites for hydroxylation is 2. The van der Waals surface area contributed by atoms with Crippen molar-refractivity contribution < 1.29 is 86.1 Å². The van der Waals surface area contributed by atoms with Crippen LogP contribution in [0.3, 0.4) is 0 Å². The summed E-state index contributed by atoms with van der Waals surface area (Å²) in [5.41, 5.74) is -0.199. The lowest BCUT2D eigenvalue weighted by molar-refractivity contribution is -0.319. The number of methoxy groups -OCH3 is 1. The first-order valence-electron chi connectivity index (χ1n) is 16.7. The van der Waals surface area contributed by atoms with Gasteiger partial charge in [0.15, 0.2) is 0 Å². The maximum atomic E-state index is 12.8. The highest BCUT2D eigenvalue weighted by Crippen LogP contribution is 2.35. The number of rotatable bonds is 10. The van der Waals surface area contributed by atoms with E-state index in [4.69, 9.17) is 33.2 Å². The Kier molecular flexibility index (Phi) is 11.8. The summed E-state index contributed by atoms with van der Waals surface area (Å²) < 4.78 is 45.8. The lowest BCUT2D eigenvalue weighted by atomic mass is 9.98. The molecule has 1 aromatic rings. The van der Waals surface area contributed by atoms with Crippen LogP contribution in [0.4, 0.5) is 0 Å². The largest absolute Gasteiger partial charge is 0.417 e. The number of benzene rings is 1. The molecule has 0 saturated carbocycles. The molecule has 5 rings (SSSR count). The van der Waals surface area contributed by atoms with E-state index in [9.17, 15) is 43.5 Å². The SMILES string of the molecule is COCC1(C)OC(=O)C(=CCC=CC=C2C(=O)OC(c3cc(C)c(C4OC(=O)C(=CCC=CC=C5C(=O)OC(C)(O)OC5=O)C(=O)O4)cc3C)OC2=O)C(=O)O1. The highest BCUT2D eigenvalue weighted by molar-refractivity contribution is 6.17. The number of esters is 8. The number of hydrogen-bond donors (Lipinski definition) is 1. The van der Waals surface area contributed by atoms with Crippen molar-refractivity contribution in [3.63, 3.8) is 0 Å². The molecule has 56 heavy (non-hydrogen) atoms. The first-order chi connectivity index (χ1) is 26.4. The van der Waals surface area contributed by atoms with Gasteiger partial charge >= 0.3 is 53.7 Å². The van der Waals surface area contributed by atoms with E-state index < -0.39 is 88.8 Å². The number of cyclic esters (lactones) is 8. The molecule has 0 atom stereocenters. The molecular formula is C38H34O18. The standard InChI is InChI=1S/C38H34O18/c1-19-17-26(36-51-29(41)22(30(42)52-36)13-9-7-11-15-24-33(45)55-38(4,47)56-34(24)46)20(2)16-25(19)35-49-27(39)21(28(40)50-35)12-8-6-10-14-23-31(43)53-37(3,18-48-5)54-32(23)44/h6-8,11-17,35-36,47H,9-10,18H2,1-5H3. The summed E-state index contributed by atoms with van der Waals surface area (Å²) in [5, 5.41) is 9.55. The molecule has 0 spiro atoms. The molecule has 0 aromatic heterocycles. The van der Waals surface area contributed by atoms with E-state index in [-0.39, 0.29) is 36.1 Å². The van der Waals surface area contributed by atoms with Crippen LogP contribution in [0.5, 0.6) is 0 Å². The Morgan fingerprint density at radius 1 is 0.589 bits per heavy atom. The van der Waals surface area contributed by atoms with Crippen molar-refractivity contribution in [2.45, 2.75) is 64.9 Å². The van der Waals surface area contributed by atoms with Crippen molar-refractivity contribution in [3.8, 4) is 0 Å². The number of carbonyl (C=O) groups is 8. The van der Waals surface area contributed by atoms with Crippen molar-refractivity contribution in [2.75, 3.05) is 13.7 Å². The molecular weight excluding hydrogens is 744 g/mol. The van der Waals surface area contributed by atoms with Crippen LogP contribution in [-0.2, 0) is 81.0 Å². The van der Waals surface area contributed by atoms with Crippen molar-refractivity contribution in [3.05, 3.63) is 105 Å². The predicted molar refractivity (Wildman–Crippen MR) is 181 cm³/mol. The second-order valence-electron chi connectivity index (χ2n) is 12.6. The Bertz CT molecular complexity index is 2010. The fourth-order valence-corrected chi connectivity index (χ4v) is 5.43. The minimum Gasteiger partial charge on any atom is -0.417 e. The van der Waals surface area contributed by atoms with E-state index >= 15 is 0 Å². The van der Waals surface area contributed by atoms with E-state index in [1.54, 1.807) is 13.8 Å². The third-order valence-electron chi connectivity index (χ3n) is 8.08. The molecule has 0 radical (unpaired) electrons. The van der Waals surface area contributed by atoms with Crippen LogP contribution in [0, 0.1) is 13.8 Å². The van der Waals surface area contributed by atoms with Gasteiger partial charge < -0.3 is 47.7 Å². The Morgan fingerprint density at radius 3 is 1.36 bits per heavy atom. The third-order valence-corrected chi connectivity index (χ3v) is 8.08. The van der Waals surface area contributed by atoms with Crippen molar-refractivity contribution in [1.29, 1.82) is 0 Å². The third kappa shape index (κ3) is 9.16. The van der Waals surface area contributed by atoms with E-state index in [0.29, 0.717) is 11.1 Å². The van der Waals surface area contributed by atoms with Gasteiger partial charge in [0.25, 0.3) is 18.4 Å². The molecule has 294 valence electrons. The van der Waals surface area contributed by atoms with Crippen LogP contribution in [0.15, 0.2) is 83.0 Å². The summed E-state index contributed by atoms with van der Waals surface area (Å²) in [6.45, 7) is 5.41. The number of allylic oxidation sites excluding steroid dienone is 8. The van der Waals surface area contributed by atoms with Gasteiger partial charge in [0.1, 0.15) is 28.9 Å². The Morgan fingerprint density at radius 2 is 0.946 bits per heavy atom. The average molecular weight is 779 g/mol. The van der Waals surface area contributed by atoms with Gasteiger partial charge in [-0.25, -0.2) is 38.4 Å². The Balaban J connectivity index is 1.17. The minimum absolute atomic E-state index is 0.0154. The number of carbonyl (C=O) groups excluding carboxylic acids is 8. The lowest BCUT2D eigenvalue weighted by Gasteiger charge is -2.32. The number of aliphatic hydroxyl groups is 1. The molecule has 1 N–H and O–H groups in total. The highest BCUT2D eigenvalue weighted by Gasteiger charge is 2.43. The molecule has 18 heteroatoms. The van der Waals surface area contributed by atoms with Crippen LogP contribution in [0.1, 0.15) is 61.5 Å². The Hall–Kier alpha value is -6.66. The molecule has 18 nitrogen and oxygen atoms in total. The molecule has 4 heterocycles. The highest BCUT2D eigenvalue weighted by atomic mass is 16.8. The van der Waals surface area contributed by atoms with Crippen LogP contribution in [-0.4, -0.2) is 78.3 Å². The van der Waals surface area contributed by atoms with Gasteiger partial charge in [0, 0.05) is 32.1 Å². The maximum absolute atomic E-state index is 12.8. The first-order valence-corrected chi connectivity index (χ1v) is 16.7. The molecule has 4 aliphatic rings.